The zero-order chi connectivity index (χ0) is 18.7. The number of fused-ring (bicyclic) bond motifs is 1. The number of imidazole rings is 1. The molecule has 0 spiro atoms. The molecule has 0 amide bonds. The largest absolute Gasteiger partial charge is 0.496 e. The van der Waals surface area contributed by atoms with Crippen molar-refractivity contribution < 1.29 is 4.74 Å². The van der Waals surface area contributed by atoms with Crippen LogP contribution in [0.2, 0.25) is 0 Å². The van der Waals surface area contributed by atoms with Gasteiger partial charge in [0.2, 0.25) is 0 Å². The van der Waals surface area contributed by atoms with E-state index in [2.05, 4.69) is 56.3 Å². The van der Waals surface area contributed by atoms with Crippen molar-refractivity contribution in [1.29, 1.82) is 0 Å². The molecule has 0 atom stereocenters. The molecule has 0 unspecified atom stereocenters. The topological polar surface area (TPSA) is 51.5 Å². The number of nitrogens with one attached hydrogen (secondary N) is 1. The molecule has 0 bridgehead atoms. The molecule has 1 N–H and O–H groups in total. The Balaban J connectivity index is 2.19. The predicted octanol–water partition coefficient (Wildman–Crippen LogP) is 4.88. The van der Waals surface area contributed by atoms with Gasteiger partial charge in [-0.3, -0.25) is 0 Å². The van der Waals surface area contributed by atoms with Crippen molar-refractivity contribution in [3.05, 3.63) is 41.7 Å². The minimum atomic E-state index is 0.416. The molecule has 0 aliphatic carbocycles. The van der Waals surface area contributed by atoms with E-state index in [0.717, 1.165) is 53.3 Å². The molecule has 2 heterocycles. The number of rotatable bonds is 7. The van der Waals surface area contributed by atoms with Gasteiger partial charge in [0, 0.05) is 23.4 Å². The molecular weight excluding hydrogens is 324 g/mol. The van der Waals surface area contributed by atoms with Gasteiger partial charge < -0.3 is 10.1 Å². The highest BCUT2D eigenvalue weighted by atomic mass is 16.5. The molecule has 138 valence electrons. The van der Waals surface area contributed by atoms with Gasteiger partial charge in [-0.15, -0.1) is 0 Å². The normalized spacial score (nSPS) is 11.3. The molecule has 0 radical (unpaired) electrons. The van der Waals surface area contributed by atoms with Gasteiger partial charge in [-0.2, -0.15) is 9.61 Å². The van der Waals surface area contributed by atoms with E-state index in [-0.39, 0.29) is 0 Å². The summed E-state index contributed by atoms with van der Waals surface area (Å²) in [5, 5.41) is 8.23. The van der Waals surface area contributed by atoms with Crippen LogP contribution < -0.4 is 10.1 Å². The van der Waals surface area contributed by atoms with E-state index >= 15 is 0 Å². The van der Waals surface area contributed by atoms with Gasteiger partial charge in [-0.05, 0) is 43.9 Å². The third kappa shape index (κ3) is 3.26. The van der Waals surface area contributed by atoms with Crippen molar-refractivity contribution in [2.75, 3.05) is 12.4 Å². The van der Waals surface area contributed by atoms with Gasteiger partial charge in [-0.1, -0.05) is 32.9 Å². The fourth-order valence-electron chi connectivity index (χ4n) is 3.30. The monoisotopic (exact) mass is 352 g/mol. The Morgan fingerprint density at radius 3 is 2.54 bits per heavy atom. The first-order valence-electron chi connectivity index (χ1n) is 9.41. The van der Waals surface area contributed by atoms with E-state index in [1.807, 2.05) is 16.8 Å². The zero-order valence-electron chi connectivity index (χ0n) is 16.3. The van der Waals surface area contributed by atoms with Crippen LogP contribution in [0.3, 0.4) is 0 Å². The number of hydrogen-bond acceptors (Lipinski definition) is 4. The number of methoxy groups -OCH3 is 1. The van der Waals surface area contributed by atoms with E-state index in [9.17, 15) is 0 Å². The lowest BCUT2D eigenvalue weighted by Crippen LogP contribution is -2.19. The van der Waals surface area contributed by atoms with E-state index in [1.165, 1.54) is 5.56 Å². The van der Waals surface area contributed by atoms with Crippen molar-refractivity contribution >= 4 is 11.5 Å². The summed E-state index contributed by atoms with van der Waals surface area (Å²) in [6.45, 7) is 8.60. The second-order valence-corrected chi connectivity index (χ2v) is 6.60. The molecule has 0 aliphatic rings. The van der Waals surface area contributed by atoms with Crippen LogP contribution in [0.5, 0.6) is 5.75 Å². The van der Waals surface area contributed by atoms with Crippen LogP contribution in [0.4, 0.5) is 5.82 Å². The van der Waals surface area contributed by atoms with Crippen LogP contribution in [-0.4, -0.2) is 27.7 Å². The Morgan fingerprint density at radius 2 is 1.88 bits per heavy atom. The van der Waals surface area contributed by atoms with Gasteiger partial charge in [0.15, 0.2) is 11.5 Å². The maximum absolute atomic E-state index is 5.62. The quantitative estimate of drug-likeness (QED) is 0.659. The summed E-state index contributed by atoms with van der Waals surface area (Å²) in [6.07, 6.45) is 4.83. The van der Waals surface area contributed by atoms with Gasteiger partial charge in [0.25, 0.3) is 0 Å². The molecule has 0 saturated carbocycles. The number of anilines is 1. The first kappa shape index (κ1) is 18.2. The third-order valence-electron chi connectivity index (χ3n) is 4.90. The summed E-state index contributed by atoms with van der Waals surface area (Å²) in [4.78, 5) is 4.91. The molecular formula is C21H28N4O. The van der Waals surface area contributed by atoms with Crippen LogP contribution in [-0.2, 0) is 6.42 Å². The summed E-state index contributed by atoms with van der Waals surface area (Å²) in [6, 6.07) is 8.67. The second kappa shape index (κ2) is 7.77. The summed E-state index contributed by atoms with van der Waals surface area (Å²) in [5.74, 6) is 1.86. The second-order valence-electron chi connectivity index (χ2n) is 6.60. The average Bonchev–Trinajstić information content (AvgIpc) is 3.03. The maximum atomic E-state index is 5.62. The van der Waals surface area contributed by atoms with Crippen LogP contribution in [0.25, 0.3) is 16.8 Å². The van der Waals surface area contributed by atoms with Gasteiger partial charge in [0.05, 0.1) is 12.8 Å². The van der Waals surface area contributed by atoms with Crippen LogP contribution in [0.1, 0.15) is 44.9 Å². The van der Waals surface area contributed by atoms with Crippen molar-refractivity contribution in [2.24, 2.45) is 0 Å². The molecule has 3 rings (SSSR count). The smallest absolute Gasteiger partial charge is 0.164 e. The standard InChI is InChI=1S/C21H28N4O/c1-6-15(7-2)23-21-18(8-3)24-20-17(11-12-22-25(20)21)16-10-9-14(4)13-19(16)26-5/h9-13,15,23H,6-8H2,1-5H3. The number of benzene rings is 1. The molecule has 2 aromatic heterocycles. The number of ether oxygens (including phenoxy) is 1. The molecule has 0 saturated heterocycles. The summed E-state index contributed by atoms with van der Waals surface area (Å²) in [5.41, 5.74) is 5.14. The number of aromatic nitrogens is 3. The van der Waals surface area contributed by atoms with Crippen molar-refractivity contribution in [2.45, 2.75) is 53.0 Å². The maximum Gasteiger partial charge on any atom is 0.164 e. The van der Waals surface area contributed by atoms with Crippen LogP contribution in [0.15, 0.2) is 30.5 Å². The van der Waals surface area contributed by atoms with Gasteiger partial charge in [-0.25, -0.2) is 4.98 Å². The predicted molar refractivity (Wildman–Crippen MR) is 107 cm³/mol. The first-order chi connectivity index (χ1) is 12.6. The fraction of sp³-hybridized carbons (Fsp3) is 0.429. The Morgan fingerprint density at radius 1 is 1.12 bits per heavy atom. The van der Waals surface area contributed by atoms with Crippen LogP contribution in [0, 0.1) is 6.92 Å². The van der Waals surface area contributed by atoms with E-state index < -0.39 is 0 Å². The molecule has 1 aromatic carbocycles. The van der Waals surface area contributed by atoms with Gasteiger partial charge in [0.1, 0.15) is 5.75 Å². The highest BCUT2D eigenvalue weighted by Gasteiger charge is 2.19. The van der Waals surface area contributed by atoms with E-state index in [4.69, 9.17) is 9.72 Å². The molecule has 0 fully saturated rings. The minimum absolute atomic E-state index is 0.416. The Hall–Kier alpha value is -2.56. The van der Waals surface area contributed by atoms with Crippen molar-refractivity contribution in [3.8, 4) is 16.9 Å². The molecule has 0 aliphatic heterocycles. The average molecular weight is 352 g/mol. The zero-order valence-corrected chi connectivity index (χ0v) is 16.3. The lowest BCUT2D eigenvalue weighted by Gasteiger charge is -2.16. The number of hydrogen-bond donors (Lipinski definition) is 1. The van der Waals surface area contributed by atoms with Gasteiger partial charge >= 0.3 is 0 Å². The lowest BCUT2D eigenvalue weighted by atomic mass is 10.0. The Bertz CT molecular complexity index is 896. The van der Waals surface area contributed by atoms with Crippen molar-refractivity contribution in [3.63, 3.8) is 0 Å². The number of nitrogens with zero attached hydrogens (tertiary/aromatic N) is 3. The summed E-state index contributed by atoms with van der Waals surface area (Å²) >= 11 is 0. The Labute approximate surface area is 155 Å². The van der Waals surface area contributed by atoms with Crippen LogP contribution >= 0.6 is 0 Å². The molecule has 3 aromatic rings. The molecule has 5 nitrogen and oxygen atoms in total. The Kier molecular flexibility index (Phi) is 5.45. The summed E-state index contributed by atoms with van der Waals surface area (Å²) in [7, 11) is 1.71. The summed E-state index contributed by atoms with van der Waals surface area (Å²) < 4.78 is 7.56. The SMILES string of the molecule is CCc1nc2c(-c3ccc(C)cc3OC)ccnn2c1NC(CC)CC. The molecule has 26 heavy (non-hydrogen) atoms. The molecule has 5 heteroatoms. The number of aryl methyl sites for hydroxylation is 2. The van der Waals surface area contributed by atoms with Crippen molar-refractivity contribution in [1.82, 2.24) is 14.6 Å². The van der Waals surface area contributed by atoms with E-state index in [1.54, 1.807) is 7.11 Å². The lowest BCUT2D eigenvalue weighted by molar-refractivity contribution is 0.416. The highest BCUT2D eigenvalue weighted by Crippen LogP contribution is 2.34. The minimum Gasteiger partial charge on any atom is -0.496 e. The first-order valence-corrected chi connectivity index (χ1v) is 9.41. The fourth-order valence-corrected chi connectivity index (χ4v) is 3.30. The van der Waals surface area contributed by atoms with E-state index in [0.29, 0.717) is 6.04 Å². The third-order valence-corrected chi connectivity index (χ3v) is 4.90. The highest BCUT2D eigenvalue weighted by molar-refractivity contribution is 5.82.